The number of carboxylic acids is 1. The van der Waals surface area contributed by atoms with E-state index in [4.69, 9.17) is 15.6 Å². The normalized spacial score (nSPS) is 14.4. The van der Waals surface area contributed by atoms with Crippen molar-refractivity contribution in [3.63, 3.8) is 0 Å². The summed E-state index contributed by atoms with van der Waals surface area (Å²) in [6.45, 7) is 1.37. The number of para-hydroxylation sites is 1. The van der Waals surface area contributed by atoms with E-state index in [1.165, 1.54) is 6.92 Å². The summed E-state index contributed by atoms with van der Waals surface area (Å²) in [6.07, 6.45) is 0. The van der Waals surface area contributed by atoms with Crippen molar-refractivity contribution in [1.82, 2.24) is 0 Å². The van der Waals surface area contributed by atoms with Crippen molar-refractivity contribution in [2.75, 3.05) is 6.54 Å². The lowest BCUT2D eigenvalue weighted by Crippen LogP contribution is -2.48. The molecule has 0 amide bonds. The minimum absolute atomic E-state index is 0.0722. The van der Waals surface area contributed by atoms with Gasteiger partial charge in [-0.15, -0.1) is 0 Å². The topological polar surface area (TPSA) is 72.5 Å². The van der Waals surface area contributed by atoms with Crippen LogP contribution in [0.3, 0.4) is 0 Å². The summed E-state index contributed by atoms with van der Waals surface area (Å²) in [6, 6.07) is 8.75. The maximum absolute atomic E-state index is 10.9. The summed E-state index contributed by atoms with van der Waals surface area (Å²) in [4.78, 5) is 10.9. The van der Waals surface area contributed by atoms with Gasteiger partial charge in [0.25, 0.3) is 0 Å². The smallest absolute Gasteiger partial charge is 0.349 e. The number of hydrogen-bond donors (Lipinski definition) is 2. The van der Waals surface area contributed by atoms with Crippen LogP contribution in [-0.2, 0) is 4.79 Å². The van der Waals surface area contributed by atoms with Gasteiger partial charge in [-0.1, -0.05) is 18.2 Å². The van der Waals surface area contributed by atoms with Crippen molar-refractivity contribution in [3.8, 4) is 5.75 Å². The van der Waals surface area contributed by atoms with E-state index < -0.39 is 11.6 Å². The molecule has 1 unspecified atom stereocenters. The maximum atomic E-state index is 10.9. The summed E-state index contributed by atoms with van der Waals surface area (Å²) in [5.41, 5.74) is 3.99. The highest BCUT2D eigenvalue weighted by molar-refractivity contribution is 5.77. The van der Waals surface area contributed by atoms with Gasteiger partial charge >= 0.3 is 5.97 Å². The Balaban J connectivity index is 2.81. The molecule has 76 valence electrons. The van der Waals surface area contributed by atoms with Crippen LogP contribution in [0.25, 0.3) is 0 Å². The highest BCUT2D eigenvalue weighted by Crippen LogP contribution is 2.17. The lowest BCUT2D eigenvalue weighted by atomic mass is 10.1. The van der Waals surface area contributed by atoms with Crippen LogP contribution in [0.5, 0.6) is 5.75 Å². The third-order valence-corrected chi connectivity index (χ3v) is 1.93. The molecular formula is C10H13NO3. The first-order valence-corrected chi connectivity index (χ1v) is 4.26. The van der Waals surface area contributed by atoms with Gasteiger partial charge in [0.15, 0.2) is 0 Å². The molecule has 1 atom stereocenters. The van der Waals surface area contributed by atoms with Crippen molar-refractivity contribution >= 4 is 5.97 Å². The third kappa shape index (κ3) is 2.23. The van der Waals surface area contributed by atoms with E-state index >= 15 is 0 Å². The van der Waals surface area contributed by atoms with Crippen LogP contribution >= 0.6 is 0 Å². The van der Waals surface area contributed by atoms with E-state index in [2.05, 4.69) is 0 Å². The zero-order chi connectivity index (χ0) is 10.6. The molecule has 0 spiro atoms. The highest BCUT2D eigenvalue weighted by atomic mass is 16.5. The first-order valence-electron chi connectivity index (χ1n) is 4.26. The Bertz CT molecular complexity index is 312. The SMILES string of the molecule is CC(CN)(Oc1ccccc1)C(=O)O. The Morgan fingerprint density at radius 3 is 2.50 bits per heavy atom. The zero-order valence-corrected chi connectivity index (χ0v) is 7.93. The van der Waals surface area contributed by atoms with Crippen LogP contribution in [0.2, 0.25) is 0 Å². The van der Waals surface area contributed by atoms with Gasteiger partial charge in [-0.05, 0) is 19.1 Å². The van der Waals surface area contributed by atoms with E-state index in [0.717, 1.165) is 0 Å². The number of nitrogens with two attached hydrogens (primary N) is 1. The highest BCUT2D eigenvalue weighted by Gasteiger charge is 2.33. The average molecular weight is 195 g/mol. The van der Waals surface area contributed by atoms with Crippen molar-refractivity contribution in [3.05, 3.63) is 30.3 Å². The van der Waals surface area contributed by atoms with Gasteiger partial charge in [0, 0.05) is 6.54 Å². The molecule has 0 radical (unpaired) electrons. The van der Waals surface area contributed by atoms with Crippen LogP contribution < -0.4 is 10.5 Å². The maximum Gasteiger partial charge on any atom is 0.349 e. The predicted octanol–water partition coefficient (Wildman–Crippen LogP) is 0.867. The molecule has 0 heterocycles. The standard InChI is InChI=1S/C10H13NO3/c1-10(7-11,9(12)13)14-8-5-3-2-4-6-8/h2-6H,7,11H2,1H3,(H,12,13). The summed E-state index contributed by atoms with van der Waals surface area (Å²) >= 11 is 0. The minimum Gasteiger partial charge on any atom is -0.478 e. The van der Waals surface area contributed by atoms with Crippen LogP contribution in [0.4, 0.5) is 0 Å². The third-order valence-electron chi connectivity index (χ3n) is 1.93. The molecule has 0 fully saturated rings. The average Bonchev–Trinajstić information content (AvgIpc) is 2.19. The Labute approximate surface area is 82.3 Å². The molecule has 3 N–H and O–H groups in total. The van der Waals surface area contributed by atoms with Gasteiger partial charge in [0.2, 0.25) is 5.60 Å². The fourth-order valence-electron chi connectivity index (χ4n) is 0.921. The second kappa shape index (κ2) is 4.11. The molecule has 4 nitrogen and oxygen atoms in total. The van der Waals surface area contributed by atoms with Gasteiger partial charge in [-0.3, -0.25) is 0 Å². The molecule has 0 aliphatic carbocycles. The number of rotatable bonds is 4. The number of aliphatic carboxylic acids is 1. The summed E-state index contributed by atoms with van der Waals surface area (Å²) in [7, 11) is 0. The molecule has 14 heavy (non-hydrogen) atoms. The Hall–Kier alpha value is -1.55. The molecule has 0 aliphatic heterocycles. The van der Waals surface area contributed by atoms with Crippen molar-refractivity contribution < 1.29 is 14.6 Å². The molecule has 0 saturated heterocycles. The molecule has 0 aliphatic rings. The first-order chi connectivity index (χ1) is 6.58. The predicted molar refractivity (Wildman–Crippen MR) is 52.2 cm³/mol. The van der Waals surface area contributed by atoms with Gasteiger partial charge in [0.1, 0.15) is 5.75 Å². The summed E-state index contributed by atoms with van der Waals surface area (Å²) in [5, 5.41) is 8.89. The fraction of sp³-hybridized carbons (Fsp3) is 0.300. The van der Waals surface area contributed by atoms with E-state index in [0.29, 0.717) is 5.75 Å². The van der Waals surface area contributed by atoms with Crippen LogP contribution in [0.15, 0.2) is 30.3 Å². The molecule has 1 aromatic rings. The number of benzene rings is 1. The van der Waals surface area contributed by atoms with Gasteiger partial charge in [0.05, 0.1) is 0 Å². The van der Waals surface area contributed by atoms with E-state index in [9.17, 15) is 4.79 Å². The lowest BCUT2D eigenvalue weighted by molar-refractivity contribution is -0.152. The van der Waals surface area contributed by atoms with Gasteiger partial charge in [-0.2, -0.15) is 0 Å². The molecule has 0 aromatic heterocycles. The Morgan fingerprint density at radius 2 is 2.07 bits per heavy atom. The van der Waals surface area contributed by atoms with Crippen molar-refractivity contribution in [2.24, 2.45) is 5.73 Å². The van der Waals surface area contributed by atoms with Crippen molar-refractivity contribution in [1.29, 1.82) is 0 Å². The minimum atomic E-state index is -1.36. The molecular weight excluding hydrogens is 182 g/mol. The van der Waals surface area contributed by atoms with E-state index in [1.54, 1.807) is 24.3 Å². The summed E-state index contributed by atoms with van der Waals surface area (Å²) in [5.74, 6) is -0.563. The zero-order valence-electron chi connectivity index (χ0n) is 7.93. The first kappa shape index (κ1) is 10.5. The van der Waals surface area contributed by atoms with Crippen molar-refractivity contribution in [2.45, 2.75) is 12.5 Å². The van der Waals surface area contributed by atoms with Crippen LogP contribution in [0, 0.1) is 0 Å². The number of carboxylic acid groups (broad SMARTS) is 1. The number of carbonyl (C=O) groups is 1. The van der Waals surface area contributed by atoms with Crippen LogP contribution in [0.1, 0.15) is 6.92 Å². The monoisotopic (exact) mass is 195 g/mol. The second-order valence-corrected chi connectivity index (χ2v) is 3.16. The lowest BCUT2D eigenvalue weighted by Gasteiger charge is -2.24. The molecule has 1 aromatic carbocycles. The largest absolute Gasteiger partial charge is 0.478 e. The fourth-order valence-corrected chi connectivity index (χ4v) is 0.921. The Kier molecular flexibility index (Phi) is 3.09. The molecule has 0 saturated carbocycles. The van der Waals surface area contributed by atoms with E-state index in [-0.39, 0.29) is 6.54 Å². The molecule has 1 rings (SSSR count). The second-order valence-electron chi connectivity index (χ2n) is 3.16. The number of ether oxygens (including phenoxy) is 1. The summed E-state index contributed by atoms with van der Waals surface area (Å²) < 4.78 is 5.29. The molecule has 4 heteroatoms. The molecule has 0 bridgehead atoms. The van der Waals surface area contributed by atoms with Crippen LogP contribution in [-0.4, -0.2) is 23.2 Å². The Morgan fingerprint density at radius 1 is 1.50 bits per heavy atom. The number of hydrogen-bond acceptors (Lipinski definition) is 3. The quantitative estimate of drug-likeness (QED) is 0.747. The van der Waals surface area contributed by atoms with Gasteiger partial charge < -0.3 is 15.6 Å². The van der Waals surface area contributed by atoms with Gasteiger partial charge in [-0.25, -0.2) is 4.79 Å². The van der Waals surface area contributed by atoms with E-state index in [1.807, 2.05) is 6.07 Å².